The van der Waals surface area contributed by atoms with Crippen molar-refractivity contribution >= 4 is 35.8 Å². The number of amides is 1. The van der Waals surface area contributed by atoms with Crippen molar-refractivity contribution in [2.45, 2.75) is 70.1 Å². The topological polar surface area (TPSA) is 75.2 Å². The SMILES string of the molecule is CCOC1CC(NC(=NCC(=O)N(C)C)NCC2CCCO2)C12CCCC2.I. The van der Waals surface area contributed by atoms with Crippen LogP contribution in [0.2, 0.25) is 0 Å². The van der Waals surface area contributed by atoms with Gasteiger partial charge in [-0.15, -0.1) is 24.0 Å². The Kier molecular flexibility index (Phi) is 9.27. The minimum absolute atomic E-state index is 0. The highest BCUT2D eigenvalue weighted by molar-refractivity contribution is 14.0. The van der Waals surface area contributed by atoms with Crippen LogP contribution in [0.1, 0.15) is 51.9 Å². The average Bonchev–Trinajstić information content (AvgIpc) is 3.35. The number of hydrogen-bond acceptors (Lipinski definition) is 4. The molecule has 8 heteroatoms. The number of nitrogens with one attached hydrogen (secondary N) is 2. The third kappa shape index (κ3) is 5.50. The van der Waals surface area contributed by atoms with Gasteiger partial charge in [0.25, 0.3) is 0 Å². The molecule has 0 aromatic rings. The van der Waals surface area contributed by atoms with Crippen LogP contribution in [0.4, 0.5) is 0 Å². The highest BCUT2D eigenvalue weighted by Gasteiger charge is 2.57. The molecule has 1 saturated heterocycles. The molecule has 3 unspecified atom stereocenters. The number of aliphatic imine (C=N–C) groups is 1. The van der Waals surface area contributed by atoms with Gasteiger partial charge in [0.2, 0.25) is 5.91 Å². The highest BCUT2D eigenvalue weighted by Crippen LogP contribution is 2.54. The predicted molar refractivity (Wildman–Crippen MR) is 121 cm³/mol. The van der Waals surface area contributed by atoms with E-state index in [4.69, 9.17) is 9.47 Å². The van der Waals surface area contributed by atoms with Gasteiger partial charge in [0.05, 0.1) is 12.2 Å². The summed E-state index contributed by atoms with van der Waals surface area (Å²) in [5, 5.41) is 7.04. The van der Waals surface area contributed by atoms with E-state index in [1.165, 1.54) is 25.7 Å². The predicted octanol–water partition coefficient (Wildman–Crippen LogP) is 2.14. The zero-order chi connectivity index (χ0) is 19.3. The fourth-order valence-corrected chi connectivity index (χ4v) is 4.71. The second kappa shape index (κ2) is 11.0. The number of nitrogens with zero attached hydrogens (tertiary/aromatic N) is 2. The van der Waals surface area contributed by atoms with Gasteiger partial charge in [-0.25, -0.2) is 4.99 Å². The van der Waals surface area contributed by atoms with Gasteiger partial charge in [0.1, 0.15) is 6.54 Å². The molecule has 0 aromatic heterocycles. The maximum absolute atomic E-state index is 12.0. The van der Waals surface area contributed by atoms with Gasteiger partial charge < -0.3 is 25.0 Å². The number of hydrogen-bond donors (Lipinski definition) is 2. The Morgan fingerprint density at radius 1 is 1.29 bits per heavy atom. The Morgan fingerprint density at radius 2 is 2.04 bits per heavy atom. The van der Waals surface area contributed by atoms with Crippen LogP contribution in [-0.4, -0.2) is 75.4 Å². The third-order valence-corrected chi connectivity index (χ3v) is 6.39. The van der Waals surface area contributed by atoms with Crippen molar-refractivity contribution in [3.8, 4) is 0 Å². The standard InChI is InChI=1S/C20H36N4O3.HI/c1-4-26-17-12-16(20(17)9-5-6-10-20)23-19(22-14-18(25)24(2)3)21-13-15-8-7-11-27-15;/h15-17H,4-14H2,1-3H3,(H2,21,22,23);1H. The van der Waals surface area contributed by atoms with E-state index < -0.39 is 0 Å². The summed E-state index contributed by atoms with van der Waals surface area (Å²) in [5.41, 5.74) is 0.230. The zero-order valence-corrected chi connectivity index (χ0v) is 19.9. The molecule has 2 aliphatic carbocycles. The van der Waals surface area contributed by atoms with Crippen LogP contribution in [-0.2, 0) is 14.3 Å². The fraction of sp³-hybridized carbons (Fsp3) is 0.900. The first-order chi connectivity index (χ1) is 13.0. The Labute approximate surface area is 186 Å². The molecule has 1 aliphatic heterocycles. The molecular formula is C20H37IN4O3. The molecular weight excluding hydrogens is 471 g/mol. The molecule has 162 valence electrons. The monoisotopic (exact) mass is 508 g/mol. The molecule has 3 atom stereocenters. The van der Waals surface area contributed by atoms with Crippen LogP contribution in [0, 0.1) is 5.41 Å². The Balaban J connectivity index is 0.00000280. The number of ether oxygens (including phenoxy) is 2. The molecule has 3 fully saturated rings. The lowest BCUT2D eigenvalue weighted by Crippen LogP contribution is -2.65. The Morgan fingerprint density at radius 3 is 2.64 bits per heavy atom. The van der Waals surface area contributed by atoms with E-state index in [9.17, 15) is 4.79 Å². The zero-order valence-electron chi connectivity index (χ0n) is 17.5. The molecule has 7 nitrogen and oxygen atoms in total. The minimum Gasteiger partial charge on any atom is -0.378 e. The fourth-order valence-electron chi connectivity index (χ4n) is 4.71. The summed E-state index contributed by atoms with van der Waals surface area (Å²) in [6.45, 7) is 4.58. The van der Waals surface area contributed by atoms with E-state index in [1.807, 2.05) is 0 Å². The molecule has 3 aliphatic rings. The van der Waals surface area contributed by atoms with Gasteiger partial charge in [-0.2, -0.15) is 0 Å². The summed E-state index contributed by atoms with van der Waals surface area (Å²) >= 11 is 0. The van der Waals surface area contributed by atoms with Crippen LogP contribution in [0.5, 0.6) is 0 Å². The number of likely N-dealkylation sites (N-methyl/N-ethyl adjacent to an activating group) is 1. The van der Waals surface area contributed by atoms with Crippen molar-refractivity contribution in [2.75, 3.05) is 40.4 Å². The number of guanidine groups is 1. The highest BCUT2D eigenvalue weighted by atomic mass is 127. The molecule has 28 heavy (non-hydrogen) atoms. The second-order valence-electron chi connectivity index (χ2n) is 8.29. The number of rotatable bonds is 7. The molecule has 2 N–H and O–H groups in total. The summed E-state index contributed by atoms with van der Waals surface area (Å²) in [7, 11) is 3.52. The quantitative estimate of drug-likeness (QED) is 0.313. The molecule has 3 rings (SSSR count). The lowest BCUT2D eigenvalue weighted by Gasteiger charge is -2.54. The largest absolute Gasteiger partial charge is 0.378 e. The normalized spacial score (nSPS) is 28.5. The van der Waals surface area contributed by atoms with Crippen LogP contribution in [0.3, 0.4) is 0 Å². The van der Waals surface area contributed by atoms with Crippen molar-refractivity contribution in [3.05, 3.63) is 0 Å². The molecule has 0 aromatic carbocycles. The van der Waals surface area contributed by atoms with E-state index in [2.05, 4.69) is 22.5 Å². The van der Waals surface area contributed by atoms with E-state index >= 15 is 0 Å². The molecule has 1 spiro atoms. The molecule has 2 saturated carbocycles. The van der Waals surface area contributed by atoms with Crippen LogP contribution in [0.25, 0.3) is 0 Å². The first-order valence-electron chi connectivity index (χ1n) is 10.5. The Hall–Kier alpha value is -0.610. The number of carbonyl (C=O) groups is 1. The lowest BCUT2D eigenvalue weighted by atomic mass is 9.60. The van der Waals surface area contributed by atoms with Gasteiger partial charge in [0.15, 0.2) is 5.96 Å². The summed E-state index contributed by atoms with van der Waals surface area (Å²) in [6, 6.07) is 0.363. The molecule has 0 bridgehead atoms. The van der Waals surface area contributed by atoms with E-state index in [0.29, 0.717) is 12.1 Å². The van der Waals surface area contributed by atoms with Crippen molar-refractivity contribution in [1.29, 1.82) is 0 Å². The third-order valence-electron chi connectivity index (χ3n) is 6.39. The summed E-state index contributed by atoms with van der Waals surface area (Å²) < 4.78 is 11.7. The number of carbonyl (C=O) groups excluding carboxylic acids is 1. The number of halogens is 1. The van der Waals surface area contributed by atoms with E-state index in [-0.39, 0.29) is 47.9 Å². The first-order valence-corrected chi connectivity index (χ1v) is 10.5. The lowest BCUT2D eigenvalue weighted by molar-refractivity contribution is -0.127. The van der Waals surface area contributed by atoms with Crippen molar-refractivity contribution in [1.82, 2.24) is 15.5 Å². The van der Waals surface area contributed by atoms with Crippen LogP contribution in [0.15, 0.2) is 4.99 Å². The van der Waals surface area contributed by atoms with Gasteiger partial charge in [-0.05, 0) is 39.0 Å². The van der Waals surface area contributed by atoms with Crippen molar-refractivity contribution in [3.63, 3.8) is 0 Å². The average molecular weight is 508 g/mol. The second-order valence-corrected chi connectivity index (χ2v) is 8.29. The molecule has 0 radical (unpaired) electrons. The molecule has 1 amide bonds. The van der Waals surface area contributed by atoms with Crippen molar-refractivity contribution in [2.24, 2.45) is 10.4 Å². The summed E-state index contributed by atoms with van der Waals surface area (Å²) in [5.74, 6) is 0.733. The van der Waals surface area contributed by atoms with Crippen LogP contribution >= 0.6 is 24.0 Å². The maximum Gasteiger partial charge on any atom is 0.243 e. The van der Waals surface area contributed by atoms with Gasteiger partial charge in [-0.1, -0.05) is 12.8 Å². The van der Waals surface area contributed by atoms with Gasteiger partial charge >= 0.3 is 0 Å². The molecule has 1 heterocycles. The minimum atomic E-state index is 0. The van der Waals surface area contributed by atoms with Gasteiger partial charge in [-0.3, -0.25) is 4.79 Å². The van der Waals surface area contributed by atoms with Crippen molar-refractivity contribution < 1.29 is 14.3 Å². The first kappa shape index (κ1) is 23.7. The van der Waals surface area contributed by atoms with Crippen LogP contribution < -0.4 is 10.6 Å². The summed E-state index contributed by atoms with van der Waals surface area (Å²) in [4.78, 5) is 18.1. The maximum atomic E-state index is 12.0. The van der Waals surface area contributed by atoms with E-state index in [0.717, 1.165) is 45.0 Å². The Bertz CT molecular complexity index is 532. The van der Waals surface area contributed by atoms with E-state index in [1.54, 1.807) is 19.0 Å². The summed E-state index contributed by atoms with van der Waals surface area (Å²) in [6.07, 6.45) is 8.77. The van der Waals surface area contributed by atoms with Gasteiger partial charge in [0, 0.05) is 45.3 Å². The smallest absolute Gasteiger partial charge is 0.243 e.